The molecular weight excluding hydrogens is 231 g/mol. The molecule has 0 unspecified atom stereocenters. The summed E-state index contributed by atoms with van der Waals surface area (Å²) in [5.74, 6) is 0.324. The van der Waals surface area contributed by atoms with Gasteiger partial charge in [0.05, 0.1) is 0 Å². The fourth-order valence-electron chi connectivity index (χ4n) is 2.76. The largest absolute Gasteiger partial charge is 0.441 e. The third-order valence-electron chi connectivity index (χ3n) is 3.75. The van der Waals surface area contributed by atoms with E-state index in [1.165, 1.54) is 31.4 Å². The molecule has 1 aliphatic carbocycles. The van der Waals surface area contributed by atoms with Crippen molar-refractivity contribution in [2.75, 3.05) is 0 Å². The molecule has 96 valence electrons. The summed E-state index contributed by atoms with van der Waals surface area (Å²) in [4.78, 5) is 4.38. The summed E-state index contributed by atoms with van der Waals surface area (Å²) in [5, 5.41) is 0. The molecule has 0 atom stereocenters. The molecule has 2 N–H and O–H groups in total. The number of oxazole rings is 1. The van der Waals surface area contributed by atoms with E-state index < -0.39 is 0 Å². The lowest BCUT2D eigenvalue weighted by molar-refractivity contribution is 0.276. The van der Waals surface area contributed by atoms with Crippen LogP contribution in [-0.4, -0.2) is 10.5 Å². The highest BCUT2D eigenvalue weighted by Crippen LogP contribution is 2.29. The Balaban J connectivity index is 1.86. The van der Waals surface area contributed by atoms with Crippen molar-refractivity contribution in [1.29, 1.82) is 0 Å². The second-order valence-electron chi connectivity index (χ2n) is 5.32. The zero-order valence-electron chi connectivity index (χ0n) is 10.3. The van der Waals surface area contributed by atoms with Crippen LogP contribution in [-0.2, 0) is 6.42 Å². The molecule has 0 radical (unpaired) electrons. The maximum atomic E-state index is 13.1. The number of aromatic nitrogens is 1. The molecule has 3 nitrogen and oxygen atoms in total. The molecular formula is C14H17FN2O. The summed E-state index contributed by atoms with van der Waals surface area (Å²) in [6.45, 7) is 0. The molecule has 2 aromatic rings. The van der Waals surface area contributed by atoms with E-state index in [-0.39, 0.29) is 11.4 Å². The van der Waals surface area contributed by atoms with E-state index in [2.05, 4.69) is 4.98 Å². The van der Waals surface area contributed by atoms with Crippen molar-refractivity contribution in [3.05, 3.63) is 29.9 Å². The fraction of sp³-hybridized carbons (Fsp3) is 0.500. The molecule has 4 heteroatoms. The number of fused-ring (bicyclic) bond motifs is 1. The normalized spacial score (nSPS) is 19.2. The van der Waals surface area contributed by atoms with Gasteiger partial charge in [0.2, 0.25) is 0 Å². The Morgan fingerprint density at radius 1 is 1.28 bits per heavy atom. The number of benzene rings is 1. The molecule has 3 rings (SSSR count). The minimum Gasteiger partial charge on any atom is -0.441 e. The summed E-state index contributed by atoms with van der Waals surface area (Å²) < 4.78 is 18.7. The Kier molecular flexibility index (Phi) is 2.82. The van der Waals surface area contributed by atoms with Crippen molar-refractivity contribution < 1.29 is 8.81 Å². The van der Waals surface area contributed by atoms with Crippen LogP contribution in [0.2, 0.25) is 0 Å². The van der Waals surface area contributed by atoms with Gasteiger partial charge < -0.3 is 10.2 Å². The number of hydrogen-bond acceptors (Lipinski definition) is 3. The highest BCUT2D eigenvalue weighted by Gasteiger charge is 2.29. The van der Waals surface area contributed by atoms with E-state index in [1.54, 1.807) is 6.07 Å². The molecule has 0 saturated heterocycles. The van der Waals surface area contributed by atoms with Gasteiger partial charge in [-0.15, -0.1) is 0 Å². The predicted molar refractivity (Wildman–Crippen MR) is 67.7 cm³/mol. The van der Waals surface area contributed by atoms with Gasteiger partial charge in [0, 0.05) is 18.0 Å². The number of hydrogen-bond donors (Lipinski definition) is 1. The third-order valence-corrected chi connectivity index (χ3v) is 3.75. The van der Waals surface area contributed by atoms with Gasteiger partial charge in [-0.25, -0.2) is 9.37 Å². The van der Waals surface area contributed by atoms with Crippen LogP contribution in [0.4, 0.5) is 4.39 Å². The first kappa shape index (κ1) is 11.7. The quantitative estimate of drug-likeness (QED) is 0.888. The van der Waals surface area contributed by atoms with Crippen molar-refractivity contribution in [2.45, 2.75) is 44.1 Å². The number of nitrogens with two attached hydrogens (primary N) is 1. The van der Waals surface area contributed by atoms with Crippen molar-refractivity contribution in [1.82, 2.24) is 4.98 Å². The number of rotatable bonds is 2. The zero-order valence-corrected chi connectivity index (χ0v) is 10.3. The van der Waals surface area contributed by atoms with Gasteiger partial charge in [0.1, 0.15) is 11.3 Å². The standard InChI is InChI=1S/C14H17FN2O/c15-10-4-5-11-12(8-10)18-13(17-11)9-14(16)6-2-1-3-7-14/h4-5,8H,1-3,6-7,9,16H2. The van der Waals surface area contributed by atoms with Crippen LogP contribution in [0.5, 0.6) is 0 Å². The van der Waals surface area contributed by atoms with E-state index in [0.717, 1.165) is 12.8 Å². The molecule has 0 aliphatic heterocycles. The minimum atomic E-state index is -0.301. The average molecular weight is 248 g/mol. The van der Waals surface area contributed by atoms with Gasteiger partial charge >= 0.3 is 0 Å². The van der Waals surface area contributed by atoms with E-state index in [9.17, 15) is 4.39 Å². The molecule has 1 aromatic carbocycles. The molecule has 1 fully saturated rings. The Morgan fingerprint density at radius 3 is 2.83 bits per heavy atom. The van der Waals surface area contributed by atoms with Gasteiger partial charge in [0.25, 0.3) is 0 Å². The van der Waals surface area contributed by atoms with Gasteiger partial charge in [-0.1, -0.05) is 19.3 Å². The predicted octanol–water partition coefficient (Wildman–Crippen LogP) is 3.17. The summed E-state index contributed by atoms with van der Waals surface area (Å²) in [5.41, 5.74) is 7.38. The van der Waals surface area contributed by atoms with E-state index in [0.29, 0.717) is 23.4 Å². The van der Waals surface area contributed by atoms with Crippen molar-refractivity contribution in [3.63, 3.8) is 0 Å². The molecule has 0 spiro atoms. The van der Waals surface area contributed by atoms with Gasteiger partial charge in [0.15, 0.2) is 11.5 Å². The molecule has 0 bridgehead atoms. The zero-order chi connectivity index (χ0) is 12.6. The van der Waals surface area contributed by atoms with E-state index in [1.807, 2.05) is 0 Å². The van der Waals surface area contributed by atoms with Crippen molar-refractivity contribution in [2.24, 2.45) is 5.73 Å². The molecule has 18 heavy (non-hydrogen) atoms. The van der Waals surface area contributed by atoms with Crippen LogP contribution < -0.4 is 5.73 Å². The second kappa shape index (κ2) is 4.35. The Morgan fingerprint density at radius 2 is 2.06 bits per heavy atom. The molecule has 1 aliphatic rings. The highest BCUT2D eigenvalue weighted by atomic mass is 19.1. The highest BCUT2D eigenvalue weighted by molar-refractivity contribution is 5.72. The maximum absolute atomic E-state index is 13.1. The summed E-state index contributed by atoms with van der Waals surface area (Å²) in [6, 6.07) is 4.41. The lowest BCUT2D eigenvalue weighted by atomic mass is 9.80. The van der Waals surface area contributed by atoms with E-state index >= 15 is 0 Å². The van der Waals surface area contributed by atoms with E-state index in [4.69, 9.17) is 10.2 Å². The molecule has 0 amide bonds. The van der Waals surface area contributed by atoms with Crippen LogP contribution in [0.25, 0.3) is 11.1 Å². The van der Waals surface area contributed by atoms with Crippen LogP contribution in [0.3, 0.4) is 0 Å². The van der Waals surface area contributed by atoms with Crippen LogP contribution in [0.15, 0.2) is 22.6 Å². The molecule has 1 heterocycles. The first-order chi connectivity index (χ1) is 8.65. The van der Waals surface area contributed by atoms with Gasteiger partial charge in [-0.3, -0.25) is 0 Å². The monoisotopic (exact) mass is 248 g/mol. The topological polar surface area (TPSA) is 52.0 Å². The Labute approximate surface area is 105 Å². The van der Waals surface area contributed by atoms with Gasteiger partial charge in [-0.05, 0) is 25.0 Å². The number of nitrogens with zero attached hydrogens (tertiary/aromatic N) is 1. The van der Waals surface area contributed by atoms with Gasteiger partial charge in [-0.2, -0.15) is 0 Å². The summed E-state index contributed by atoms with van der Waals surface area (Å²) >= 11 is 0. The van der Waals surface area contributed by atoms with Crippen molar-refractivity contribution >= 4 is 11.1 Å². The fourth-order valence-corrected chi connectivity index (χ4v) is 2.76. The first-order valence-corrected chi connectivity index (χ1v) is 6.49. The van der Waals surface area contributed by atoms with Crippen LogP contribution in [0.1, 0.15) is 38.0 Å². The molecule has 1 saturated carbocycles. The number of halogens is 1. The van der Waals surface area contributed by atoms with Crippen molar-refractivity contribution in [3.8, 4) is 0 Å². The third kappa shape index (κ3) is 2.25. The second-order valence-corrected chi connectivity index (χ2v) is 5.32. The summed E-state index contributed by atoms with van der Waals surface area (Å²) in [7, 11) is 0. The lowest BCUT2D eigenvalue weighted by Crippen LogP contribution is -2.43. The lowest BCUT2D eigenvalue weighted by Gasteiger charge is -2.32. The Bertz CT molecular complexity index is 558. The molecule has 1 aromatic heterocycles. The maximum Gasteiger partial charge on any atom is 0.197 e. The SMILES string of the molecule is NC1(Cc2nc3ccc(F)cc3o2)CCCCC1. The first-order valence-electron chi connectivity index (χ1n) is 6.49. The average Bonchev–Trinajstić information content (AvgIpc) is 2.70. The minimum absolute atomic E-state index is 0.197. The van der Waals surface area contributed by atoms with Crippen LogP contribution in [0, 0.1) is 5.82 Å². The Hall–Kier alpha value is -1.42. The smallest absolute Gasteiger partial charge is 0.197 e. The summed E-state index contributed by atoms with van der Waals surface area (Å²) in [6.07, 6.45) is 6.28. The van der Waals surface area contributed by atoms with Crippen LogP contribution >= 0.6 is 0 Å².